The average Bonchev–Trinajstić information content (AvgIpc) is 2.65. The molecule has 2 aromatic rings. The van der Waals surface area contributed by atoms with Crippen molar-refractivity contribution in [2.45, 2.75) is 13.2 Å². The highest BCUT2D eigenvalue weighted by molar-refractivity contribution is 5.44. The molecule has 1 aliphatic rings. The Kier molecular flexibility index (Phi) is 5.67. The van der Waals surface area contributed by atoms with Gasteiger partial charge in [0.25, 0.3) is 0 Å². The molecule has 0 aliphatic carbocycles. The highest BCUT2D eigenvalue weighted by Crippen LogP contribution is 2.28. The third kappa shape index (κ3) is 4.58. The minimum Gasteiger partial charge on any atom is -0.457 e. The summed E-state index contributed by atoms with van der Waals surface area (Å²) in [5.74, 6) is 1.45. The molecule has 1 saturated heterocycles. The maximum absolute atomic E-state index is 9.29. The molecule has 1 N–H and O–H groups in total. The molecule has 0 unspecified atom stereocenters. The van der Waals surface area contributed by atoms with Crippen LogP contribution in [0, 0.1) is 11.3 Å². The molecule has 1 aliphatic heterocycles. The highest BCUT2D eigenvalue weighted by atomic mass is 16.5. The molecule has 2 aromatic carbocycles. The van der Waals surface area contributed by atoms with E-state index in [4.69, 9.17) is 4.74 Å². The van der Waals surface area contributed by atoms with Crippen molar-refractivity contribution < 1.29 is 9.84 Å². The molecule has 0 radical (unpaired) electrons. The summed E-state index contributed by atoms with van der Waals surface area (Å²) < 4.78 is 6.06. The molecule has 25 heavy (non-hydrogen) atoms. The van der Waals surface area contributed by atoms with Crippen LogP contribution in [0.4, 0.5) is 0 Å². The van der Waals surface area contributed by atoms with E-state index in [1.165, 1.54) is 0 Å². The van der Waals surface area contributed by atoms with Crippen LogP contribution in [0.5, 0.6) is 11.5 Å². The van der Waals surface area contributed by atoms with Crippen LogP contribution in [-0.2, 0) is 13.2 Å². The van der Waals surface area contributed by atoms with Crippen molar-refractivity contribution >= 4 is 0 Å². The van der Waals surface area contributed by atoms with E-state index in [-0.39, 0.29) is 6.61 Å². The van der Waals surface area contributed by atoms with Crippen molar-refractivity contribution in [2.75, 3.05) is 33.2 Å². The summed E-state index contributed by atoms with van der Waals surface area (Å²) in [6.07, 6.45) is 0. The highest BCUT2D eigenvalue weighted by Gasteiger charge is 2.16. The van der Waals surface area contributed by atoms with Crippen LogP contribution in [-0.4, -0.2) is 48.1 Å². The van der Waals surface area contributed by atoms with Gasteiger partial charge in [-0.15, -0.1) is 0 Å². The number of rotatable bonds is 5. The van der Waals surface area contributed by atoms with Gasteiger partial charge in [0.05, 0.1) is 18.2 Å². The zero-order valence-electron chi connectivity index (χ0n) is 14.5. The quantitative estimate of drug-likeness (QED) is 0.909. The van der Waals surface area contributed by atoms with Crippen molar-refractivity contribution in [3.63, 3.8) is 0 Å². The van der Waals surface area contributed by atoms with Crippen molar-refractivity contribution in [1.29, 1.82) is 5.26 Å². The number of nitriles is 1. The maximum atomic E-state index is 9.29. The Hall–Kier alpha value is -2.39. The fourth-order valence-corrected chi connectivity index (χ4v) is 2.95. The number of piperazine rings is 1. The van der Waals surface area contributed by atoms with Crippen molar-refractivity contribution in [1.82, 2.24) is 9.80 Å². The number of hydrogen-bond donors (Lipinski definition) is 1. The molecule has 1 fully saturated rings. The Labute approximate surface area is 148 Å². The summed E-state index contributed by atoms with van der Waals surface area (Å²) in [5.41, 5.74) is 2.46. The molecule has 0 bridgehead atoms. The van der Waals surface area contributed by atoms with Gasteiger partial charge in [0.1, 0.15) is 11.5 Å². The lowest BCUT2D eigenvalue weighted by atomic mass is 10.1. The standard InChI is InChI=1S/C20H23N3O2/c1-22-7-9-23(10-8-22)14-18-11-16(13-21)5-6-20(18)25-19-4-2-3-17(12-19)15-24/h2-6,11-12,24H,7-10,14-15H2,1H3. The fourth-order valence-electron chi connectivity index (χ4n) is 2.95. The van der Waals surface area contributed by atoms with Crippen LogP contribution >= 0.6 is 0 Å². The zero-order valence-corrected chi connectivity index (χ0v) is 14.5. The second kappa shape index (κ2) is 8.13. The molecule has 5 heteroatoms. The third-order valence-corrected chi connectivity index (χ3v) is 4.49. The number of nitrogens with zero attached hydrogens (tertiary/aromatic N) is 3. The lowest BCUT2D eigenvalue weighted by molar-refractivity contribution is 0.147. The number of ether oxygens (including phenoxy) is 1. The van der Waals surface area contributed by atoms with Crippen LogP contribution < -0.4 is 4.74 Å². The lowest BCUT2D eigenvalue weighted by Gasteiger charge is -2.32. The largest absolute Gasteiger partial charge is 0.457 e. The number of benzene rings is 2. The second-order valence-corrected chi connectivity index (χ2v) is 6.42. The van der Waals surface area contributed by atoms with Gasteiger partial charge >= 0.3 is 0 Å². The minimum absolute atomic E-state index is 0.0152. The molecule has 5 nitrogen and oxygen atoms in total. The van der Waals surface area contributed by atoms with E-state index < -0.39 is 0 Å². The number of aliphatic hydroxyl groups is 1. The molecular formula is C20H23N3O2. The molecule has 0 atom stereocenters. The Morgan fingerprint density at radius 2 is 1.92 bits per heavy atom. The summed E-state index contributed by atoms with van der Waals surface area (Å²) in [6, 6.07) is 15.2. The molecule has 0 spiro atoms. The minimum atomic E-state index is -0.0152. The Bertz CT molecular complexity index is 762. The first-order chi connectivity index (χ1) is 12.2. The Balaban J connectivity index is 1.81. The predicted octanol–water partition coefficient (Wildman–Crippen LogP) is 2.59. The summed E-state index contributed by atoms with van der Waals surface area (Å²) in [4.78, 5) is 4.70. The van der Waals surface area contributed by atoms with Gasteiger partial charge in [0, 0.05) is 38.3 Å². The van der Waals surface area contributed by atoms with Gasteiger partial charge in [-0.2, -0.15) is 5.26 Å². The summed E-state index contributed by atoms with van der Waals surface area (Å²) in [7, 11) is 2.14. The van der Waals surface area contributed by atoms with Gasteiger partial charge < -0.3 is 14.7 Å². The molecule has 1 heterocycles. The molecule has 130 valence electrons. The first kappa shape index (κ1) is 17.4. The number of aliphatic hydroxyl groups excluding tert-OH is 1. The Morgan fingerprint density at radius 1 is 1.12 bits per heavy atom. The summed E-state index contributed by atoms with van der Waals surface area (Å²) in [6.45, 7) is 4.86. The van der Waals surface area contributed by atoms with Gasteiger partial charge in [-0.1, -0.05) is 12.1 Å². The lowest BCUT2D eigenvalue weighted by Crippen LogP contribution is -2.43. The van der Waals surface area contributed by atoms with Gasteiger partial charge in [-0.25, -0.2) is 0 Å². The van der Waals surface area contributed by atoms with E-state index in [1.807, 2.05) is 36.4 Å². The zero-order chi connectivity index (χ0) is 17.6. The number of hydrogen-bond acceptors (Lipinski definition) is 5. The van der Waals surface area contributed by atoms with Crippen LogP contribution in [0.1, 0.15) is 16.7 Å². The van der Waals surface area contributed by atoms with E-state index in [9.17, 15) is 10.4 Å². The monoisotopic (exact) mass is 337 g/mol. The van der Waals surface area contributed by atoms with Gasteiger partial charge in [-0.3, -0.25) is 4.90 Å². The second-order valence-electron chi connectivity index (χ2n) is 6.42. The van der Waals surface area contributed by atoms with Gasteiger partial charge in [0.2, 0.25) is 0 Å². The molecule has 0 saturated carbocycles. The van der Waals surface area contributed by atoms with E-state index in [1.54, 1.807) is 6.07 Å². The van der Waals surface area contributed by atoms with Crippen molar-refractivity contribution in [2.24, 2.45) is 0 Å². The van der Waals surface area contributed by atoms with Crippen LogP contribution in [0.2, 0.25) is 0 Å². The van der Waals surface area contributed by atoms with Gasteiger partial charge in [-0.05, 0) is 42.9 Å². The molecular weight excluding hydrogens is 314 g/mol. The van der Waals surface area contributed by atoms with Crippen LogP contribution in [0.15, 0.2) is 42.5 Å². The smallest absolute Gasteiger partial charge is 0.132 e. The molecule has 0 amide bonds. The number of likely N-dealkylation sites (N-methyl/N-ethyl adjacent to an activating group) is 1. The van der Waals surface area contributed by atoms with E-state index in [0.29, 0.717) is 11.3 Å². The molecule has 0 aromatic heterocycles. The predicted molar refractivity (Wildman–Crippen MR) is 96.4 cm³/mol. The van der Waals surface area contributed by atoms with Crippen LogP contribution in [0.25, 0.3) is 0 Å². The van der Waals surface area contributed by atoms with E-state index in [2.05, 4.69) is 22.9 Å². The van der Waals surface area contributed by atoms with Crippen molar-refractivity contribution in [3.8, 4) is 17.6 Å². The normalized spacial score (nSPS) is 15.7. The maximum Gasteiger partial charge on any atom is 0.132 e. The van der Waals surface area contributed by atoms with E-state index in [0.717, 1.165) is 49.6 Å². The van der Waals surface area contributed by atoms with Crippen molar-refractivity contribution in [3.05, 3.63) is 59.2 Å². The summed E-state index contributed by atoms with van der Waals surface area (Å²) in [5, 5.41) is 18.5. The van der Waals surface area contributed by atoms with Gasteiger partial charge in [0.15, 0.2) is 0 Å². The Morgan fingerprint density at radius 3 is 2.64 bits per heavy atom. The fraction of sp³-hybridized carbons (Fsp3) is 0.350. The first-order valence-electron chi connectivity index (χ1n) is 8.49. The first-order valence-corrected chi connectivity index (χ1v) is 8.49. The SMILES string of the molecule is CN1CCN(Cc2cc(C#N)ccc2Oc2cccc(CO)c2)CC1. The van der Waals surface area contributed by atoms with E-state index >= 15 is 0 Å². The summed E-state index contributed by atoms with van der Waals surface area (Å²) >= 11 is 0. The third-order valence-electron chi connectivity index (χ3n) is 4.49. The van der Waals surface area contributed by atoms with Crippen LogP contribution in [0.3, 0.4) is 0 Å². The molecule has 3 rings (SSSR count). The average molecular weight is 337 g/mol. The topological polar surface area (TPSA) is 59.7 Å².